The van der Waals surface area contributed by atoms with E-state index in [0.29, 0.717) is 35.8 Å². The zero-order chi connectivity index (χ0) is 17.4. The van der Waals surface area contributed by atoms with E-state index in [-0.39, 0.29) is 24.3 Å². The van der Waals surface area contributed by atoms with Gasteiger partial charge in [0.2, 0.25) is 5.91 Å². The molecule has 2 heterocycles. The van der Waals surface area contributed by atoms with Crippen molar-refractivity contribution in [2.45, 2.75) is 19.8 Å². The third-order valence-electron chi connectivity index (χ3n) is 4.78. The Morgan fingerprint density at radius 3 is 2.62 bits per heavy atom. The average molecular weight is 351 g/mol. The normalized spacial score (nSPS) is 23.8. The molecular formula is C17H19ClN2O4. The maximum Gasteiger partial charge on any atom is 0.308 e. The van der Waals surface area contributed by atoms with Crippen molar-refractivity contribution < 1.29 is 19.5 Å². The van der Waals surface area contributed by atoms with E-state index in [1.807, 2.05) is 6.92 Å². The van der Waals surface area contributed by atoms with Crippen molar-refractivity contribution >= 4 is 35.1 Å². The lowest BCUT2D eigenvalue weighted by Crippen LogP contribution is -2.30. The molecule has 6 nitrogen and oxygen atoms in total. The number of carboxylic acids is 1. The van der Waals surface area contributed by atoms with Gasteiger partial charge in [0.25, 0.3) is 5.91 Å². The highest BCUT2D eigenvalue weighted by molar-refractivity contribution is 6.34. The van der Waals surface area contributed by atoms with Gasteiger partial charge >= 0.3 is 5.97 Å². The zero-order valence-corrected chi connectivity index (χ0v) is 14.1. The molecule has 2 aliphatic heterocycles. The van der Waals surface area contributed by atoms with E-state index >= 15 is 0 Å². The molecule has 3 rings (SSSR count). The van der Waals surface area contributed by atoms with Crippen LogP contribution >= 0.6 is 11.6 Å². The monoisotopic (exact) mass is 350 g/mol. The van der Waals surface area contributed by atoms with Crippen LogP contribution in [0.25, 0.3) is 0 Å². The van der Waals surface area contributed by atoms with Gasteiger partial charge in [0.15, 0.2) is 0 Å². The number of carbonyl (C=O) groups excluding carboxylic acids is 2. The summed E-state index contributed by atoms with van der Waals surface area (Å²) in [4.78, 5) is 39.1. The minimum Gasteiger partial charge on any atom is -0.481 e. The summed E-state index contributed by atoms with van der Waals surface area (Å²) in [6.45, 7) is 3.03. The summed E-state index contributed by atoms with van der Waals surface area (Å²) in [5, 5.41) is 9.52. The highest BCUT2D eigenvalue weighted by Crippen LogP contribution is 2.30. The number of hydrogen-bond donors (Lipinski definition) is 1. The molecule has 0 saturated carbocycles. The van der Waals surface area contributed by atoms with Crippen molar-refractivity contribution in [3.63, 3.8) is 0 Å². The summed E-state index contributed by atoms with van der Waals surface area (Å²) in [6.07, 6.45) is 1.31. The maximum atomic E-state index is 12.8. The Morgan fingerprint density at radius 2 is 2.04 bits per heavy atom. The number of carboxylic acid groups (broad SMARTS) is 1. The topological polar surface area (TPSA) is 77.9 Å². The van der Waals surface area contributed by atoms with Crippen molar-refractivity contribution in [3.05, 3.63) is 28.8 Å². The standard InChI is InChI=1S/C17H19ClN2O4/c1-10-8-19(9-13(10)17(23)24)16(22)12-7-11(4-5-14(12)18)20-6-2-3-15(20)21/h4-5,7,10,13H,2-3,6,8-9H2,1H3,(H,23,24)/t10-,13-/m1/s1. The summed E-state index contributed by atoms with van der Waals surface area (Å²) in [5.41, 5.74) is 0.972. The molecule has 0 aliphatic carbocycles. The Labute approximate surface area is 145 Å². The summed E-state index contributed by atoms with van der Waals surface area (Å²) in [5.74, 6) is -1.80. The number of hydrogen-bond acceptors (Lipinski definition) is 3. The average Bonchev–Trinajstić information content (AvgIpc) is 3.13. The lowest BCUT2D eigenvalue weighted by atomic mass is 9.99. The van der Waals surface area contributed by atoms with E-state index in [9.17, 15) is 19.5 Å². The van der Waals surface area contributed by atoms with Crippen LogP contribution in [0.3, 0.4) is 0 Å². The molecule has 2 amide bonds. The molecule has 0 aromatic heterocycles. The van der Waals surface area contributed by atoms with E-state index < -0.39 is 11.9 Å². The number of halogens is 1. The molecule has 24 heavy (non-hydrogen) atoms. The molecule has 0 spiro atoms. The van der Waals surface area contributed by atoms with Gasteiger partial charge in [0, 0.05) is 31.7 Å². The number of aliphatic carboxylic acids is 1. The Morgan fingerprint density at radius 1 is 1.29 bits per heavy atom. The van der Waals surface area contributed by atoms with Crippen molar-refractivity contribution in [2.24, 2.45) is 11.8 Å². The molecule has 128 valence electrons. The maximum absolute atomic E-state index is 12.8. The highest BCUT2D eigenvalue weighted by atomic mass is 35.5. The quantitative estimate of drug-likeness (QED) is 0.907. The fourth-order valence-electron chi connectivity index (χ4n) is 3.39. The number of benzene rings is 1. The minimum atomic E-state index is -0.889. The number of likely N-dealkylation sites (tertiary alicyclic amines) is 1. The van der Waals surface area contributed by atoms with Crippen LogP contribution < -0.4 is 4.90 Å². The lowest BCUT2D eigenvalue weighted by molar-refractivity contribution is -0.142. The SMILES string of the molecule is C[C@@H]1CN(C(=O)c2cc(N3CCCC3=O)ccc2Cl)C[C@H]1C(=O)O. The van der Waals surface area contributed by atoms with Gasteiger partial charge in [-0.05, 0) is 30.5 Å². The molecule has 0 radical (unpaired) electrons. The number of anilines is 1. The Hall–Kier alpha value is -2.08. The van der Waals surface area contributed by atoms with Gasteiger partial charge < -0.3 is 14.9 Å². The van der Waals surface area contributed by atoms with E-state index in [4.69, 9.17) is 11.6 Å². The molecule has 0 bridgehead atoms. The van der Waals surface area contributed by atoms with Crippen LogP contribution in [0.1, 0.15) is 30.1 Å². The molecule has 2 atom stereocenters. The summed E-state index contributed by atoms with van der Waals surface area (Å²) in [7, 11) is 0. The first-order chi connectivity index (χ1) is 11.4. The highest BCUT2D eigenvalue weighted by Gasteiger charge is 2.37. The number of nitrogens with zero attached hydrogens (tertiary/aromatic N) is 2. The van der Waals surface area contributed by atoms with Crippen molar-refractivity contribution in [3.8, 4) is 0 Å². The largest absolute Gasteiger partial charge is 0.481 e. The van der Waals surface area contributed by atoms with Crippen LogP contribution in [0.4, 0.5) is 5.69 Å². The van der Waals surface area contributed by atoms with Crippen LogP contribution in [0.15, 0.2) is 18.2 Å². The number of carbonyl (C=O) groups is 3. The van der Waals surface area contributed by atoms with E-state index in [1.54, 1.807) is 23.1 Å². The van der Waals surface area contributed by atoms with Crippen LogP contribution in [-0.2, 0) is 9.59 Å². The van der Waals surface area contributed by atoms with Gasteiger partial charge in [-0.25, -0.2) is 0 Å². The first-order valence-corrected chi connectivity index (χ1v) is 8.38. The van der Waals surface area contributed by atoms with Gasteiger partial charge in [-0.1, -0.05) is 18.5 Å². The molecule has 1 aromatic carbocycles. The zero-order valence-electron chi connectivity index (χ0n) is 13.4. The molecule has 2 aliphatic rings. The first kappa shape index (κ1) is 16.8. The van der Waals surface area contributed by atoms with Gasteiger partial charge in [-0.3, -0.25) is 14.4 Å². The summed E-state index contributed by atoms with van der Waals surface area (Å²) in [6, 6.07) is 4.98. The van der Waals surface area contributed by atoms with Crippen LogP contribution in [0.2, 0.25) is 5.02 Å². The fraction of sp³-hybridized carbons (Fsp3) is 0.471. The van der Waals surface area contributed by atoms with Crippen molar-refractivity contribution in [2.75, 3.05) is 24.5 Å². The number of rotatable bonds is 3. The second kappa shape index (κ2) is 6.43. The molecular weight excluding hydrogens is 332 g/mol. The fourth-order valence-corrected chi connectivity index (χ4v) is 3.59. The Balaban J connectivity index is 1.85. The predicted molar refractivity (Wildman–Crippen MR) is 89.2 cm³/mol. The summed E-state index contributed by atoms with van der Waals surface area (Å²) < 4.78 is 0. The predicted octanol–water partition coefficient (Wildman–Crippen LogP) is 2.26. The van der Waals surface area contributed by atoms with Gasteiger partial charge in [0.1, 0.15) is 0 Å². The molecule has 0 unspecified atom stereocenters. The number of amides is 2. The molecule has 1 N–H and O–H groups in total. The summed E-state index contributed by atoms with van der Waals surface area (Å²) >= 11 is 6.18. The first-order valence-electron chi connectivity index (χ1n) is 8.00. The second-order valence-electron chi connectivity index (χ2n) is 6.45. The van der Waals surface area contributed by atoms with Crippen LogP contribution in [0, 0.1) is 11.8 Å². The van der Waals surface area contributed by atoms with Gasteiger partial charge in [-0.2, -0.15) is 0 Å². The molecule has 7 heteroatoms. The van der Waals surface area contributed by atoms with Crippen molar-refractivity contribution in [1.29, 1.82) is 0 Å². The van der Waals surface area contributed by atoms with E-state index in [1.165, 1.54) is 4.90 Å². The molecule has 2 fully saturated rings. The van der Waals surface area contributed by atoms with Crippen LogP contribution in [-0.4, -0.2) is 47.4 Å². The van der Waals surface area contributed by atoms with Crippen molar-refractivity contribution in [1.82, 2.24) is 4.90 Å². The third-order valence-corrected chi connectivity index (χ3v) is 5.11. The lowest BCUT2D eigenvalue weighted by Gasteiger charge is -2.20. The minimum absolute atomic E-state index is 0.0384. The Bertz CT molecular complexity index is 706. The van der Waals surface area contributed by atoms with E-state index in [2.05, 4.69) is 0 Å². The molecule has 1 aromatic rings. The third kappa shape index (κ3) is 2.98. The second-order valence-corrected chi connectivity index (χ2v) is 6.85. The van der Waals surface area contributed by atoms with Gasteiger partial charge in [-0.15, -0.1) is 0 Å². The smallest absolute Gasteiger partial charge is 0.308 e. The Kier molecular flexibility index (Phi) is 4.49. The van der Waals surface area contributed by atoms with Crippen LogP contribution in [0.5, 0.6) is 0 Å². The molecule has 2 saturated heterocycles. The van der Waals surface area contributed by atoms with Gasteiger partial charge in [0.05, 0.1) is 16.5 Å². The van der Waals surface area contributed by atoms with E-state index in [0.717, 1.165) is 6.42 Å².